The Kier molecular flexibility index (Phi) is 3.88. The zero-order chi connectivity index (χ0) is 13.1. The second kappa shape index (κ2) is 4.99. The number of rotatable bonds is 4. The lowest BCUT2D eigenvalue weighted by Crippen LogP contribution is -2.27. The molecule has 6 nitrogen and oxygen atoms in total. The summed E-state index contributed by atoms with van der Waals surface area (Å²) < 4.78 is 1.85. The molecular formula is C11H18N4O2. The fraction of sp³-hybridized carbons (Fsp3) is 0.545. The zero-order valence-corrected chi connectivity index (χ0v) is 10.5. The van der Waals surface area contributed by atoms with Gasteiger partial charge in [-0.3, -0.25) is 9.52 Å². The highest BCUT2D eigenvalue weighted by Crippen LogP contribution is 2.28. The average Bonchev–Trinajstić information content (AvgIpc) is 2.62. The molecule has 0 fully saturated rings. The number of aryl methyl sites for hydroxylation is 1. The van der Waals surface area contributed by atoms with Gasteiger partial charge < -0.3 is 5.73 Å². The number of primary amides is 1. The summed E-state index contributed by atoms with van der Waals surface area (Å²) in [7, 11) is 0. The highest BCUT2D eigenvalue weighted by atomic mass is 16.7. The Labute approximate surface area is 100 Å². The van der Waals surface area contributed by atoms with Crippen LogP contribution in [0.15, 0.2) is 17.4 Å². The zero-order valence-electron chi connectivity index (χ0n) is 10.5. The van der Waals surface area contributed by atoms with Crippen molar-refractivity contribution >= 4 is 12.3 Å². The summed E-state index contributed by atoms with van der Waals surface area (Å²) in [5.74, 6) is 0. The Bertz CT molecular complexity index is 423. The van der Waals surface area contributed by atoms with E-state index in [9.17, 15) is 4.79 Å². The largest absolute Gasteiger partial charge is 0.430 e. The molecule has 0 aliphatic heterocycles. The van der Waals surface area contributed by atoms with Crippen molar-refractivity contribution < 1.29 is 9.63 Å². The van der Waals surface area contributed by atoms with Crippen LogP contribution in [0.25, 0.3) is 0 Å². The third-order valence-electron chi connectivity index (χ3n) is 2.74. The first kappa shape index (κ1) is 13.2. The van der Waals surface area contributed by atoms with Crippen molar-refractivity contribution in [2.75, 3.05) is 0 Å². The van der Waals surface area contributed by atoms with Crippen molar-refractivity contribution in [1.82, 2.24) is 9.78 Å². The highest BCUT2D eigenvalue weighted by molar-refractivity contribution is 5.68. The topological polar surface area (TPSA) is 82.5 Å². The second-order valence-corrected chi connectivity index (χ2v) is 4.58. The summed E-state index contributed by atoms with van der Waals surface area (Å²) in [6.07, 6.45) is 2.55. The number of carbonyl (C=O) groups is 1. The normalized spacial score (nSPS) is 13.9. The molecule has 0 saturated carbocycles. The molecule has 2 N–H and O–H groups in total. The van der Waals surface area contributed by atoms with Crippen LogP contribution in [0, 0.1) is 12.3 Å². The Morgan fingerprint density at radius 2 is 2.35 bits per heavy atom. The van der Waals surface area contributed by atoms with Crippen LogP contribution >= 0.6 is 0 Å². The Hall–Kier alpha value is -1.85. The van der Waals surface area contributed by atoms with E-state index in [1.54, 1.807) is 6.21 Å². The second-order valence-electron chi connectivity index (χ2n) is 4.58. The van der Waals surface area contributed by atoms with Gasteiger partial charge in [-0.15, -0.1) is 0 Å². The van der Waals surface area contributed by atoms with Crippen LogP contribution < -0.4 is 5.73 Å². The maximum Gasteiger partial charge on any atom is 0.430 e. The van der Waals surface area contributed by atoms with E-state index in [4.69, 9.17) is 5.73 Å². The number of nitrogens with two attached hydrogens (primary N) is 1. The maximum atomic E-state index is 10.4. The molecule has 6 heteroatoms. The smallest absolute Gasteiger partial charge is 0.333 e. The van der Waals surface area contributed by atoms with Gasteiger partial charge in [0.15, 0.2) is 0 Å². The molecule has 94 valence electrons. The molecule has 1 aromatic heterocycles. The molecule has 0 bridgehead atoms. The van der Waals surface area contributed by atoms with Crippen molar-refractivity contribution in [2.24, 2.45) is 16.3 Å². The standard InChI is InChI=1S/C11H18N4O2/c1-8-5-6-15(14-8)9(2)11(3,4)7-13-17-10(12)16/h5-7,9H,1-4H3,(H2,12,16). The lowest BCUT2D eigenvalue weighted by Gasteiger charge is -2.27. The van der Waals surface area contributed by atoms with Crippen molar-refractivity contribution in [3.05, 3.63) is 18.0 Å². The Morgan fingerprint density at radius 3 is 2.82 bits per heavy atom. The first-order chi connectivity index (χ1) is 7.83. The lowest BCUT2D eigenvalue weighted by molar-refractivity contribution is 0.160. The van der Waals surface area contributed by atoms with Crippen LogP contribution in [0.3, 0.4) is 0 Å². The molecule has 1 heterocycles. The van der Waals surface area contributed by atoms with E-state index in [0.29, 0.717) is 0 Å². The predicted molar refractivity (Wildman–Crippen MR) is 64.6 cm³/mol. The number of oxime groups is 1. The van der Waals surface area contributed by atoms with E-state index in [2.05, 4.69) is 15.1 Å². The fourth-order valence-electron chi connectivity index (χ4n) is 1.31. The molecule has 0 spiro atoms. The van der Waals surface area contributed by atoms with Gasteiger partial charge in [-0.05, 0) is 19.9 Å². The van der Waals surface area contributed by atoms with Crippen molar-refractivity contribution in [3.8, 4) is 0 Å². The van der Waals surface area contributed by atoms with Crippen molar-refractivity contribution in [2.45, 2.75) is 33.7 Å². The number of carbonyl (C=O) groups excluding carboxylic acids is 1. The van der Waals surface area contributed by atoms with Gasteiger partial charge in [-0.1, -0.05) is 19.0 Å². The van der Waals surface area contributed by atoms with Crippen LogP contribution in [-0.4, -0.2) is 22.1 Å². The lowest BCUT2D eigenvalue weighted by atomic mass is 9.87. The molecule has 1 aromatic rings. The third kappa shape index (κ3) is 3.58. The van der Waals surface area contributed by atoms with Gasteiger partial charge in [0.25, 0.3) is 0 Å². The monoisotopic (exact) mass is 238 g/mol. The maximum absolute atomic E-state index is 10.4. The van der Waals surface area contributed by atoms with E-state index >= 15 is 0 Å². The summed E-state index contributed by atoms with van der Waals surface area (Å²) >= 11 is 0. The molecule has 0 saturated heterocycles. The van der Waals surface area contributed by atoms with Gasteiger partial charge >= 0.3 is 6.09 Å². The molecule has 1 amide bonds. The molecule has 0 aliphatic carbocycles. The van der Waals surface area contributed by atoms with Gasteiger partial charge in [0, 0.05) is 11.6 Å². The molecule has 1 rings (SSSR count). The average molecular weight is 238 g/mol. The minimum absolute atomic E-state index is 0.0800. The summed E-state index contributed by atoms with van der Waals surface area (Å²) in [5.41, 5.74) is 5.46. The van der Waals surface area contributed by atoms with Crippen LogP contribution in [0.1, 0.15) is 32.5 Å². The molecule has 1 unspecified atom stereocenters. The minimum Gasteiger partial charge on any atom is -0.333 e. The van der Waals surface area contributed by atoms with Crippen LogP contribution in [-0.2, 0) is 4.84 Å². The first-order valence-electron chi connectivity index (χ1n) is 5.35. The fourth-order valence-corrected chi connectivity index (χ4v) is 1.31. The molecule has 1 atom stereocenters. The van der Waals surface area contributed by atoms with E-state index < -0.39 is 6.09 Å². The Morgan fingerprint density at radius 1 is 1.71 bits per heavy atom. The number of hydrogen-bond donors (Lipinski definition) is 1. The number of nitrogens with zero attached hydrogens (tertiary/aromatic N) is 3. The van der Waals surface area contributed by atoms with Gasteiger partial charge in [0.05, 0.1) is 18.0 Å². The van der Waals surface area contributed by atoms with Gasteiger partial charge in [0.2, 0.25) is 0 Å². The highest BCUT2D eigenvalue weighted by Gasteiger charge is 2.26. The minimum atomic E-state index is -0.917. The molecular weight excluding hydrogens is 220 g/mol. The van der Waals surface area contributed by atoms with E-state index in [1.807, 2.05) is 44.6 Å². The molecule has 0 aromatic carbocycles. The van der Waals surface area contributed by atoms with E-state index in [1.165, 1.54) is 0 Å². The van der Waals surface area contributed by atoms with Crippen molar-refractivity contribution in [1.29, 1.82) is 0 Å². The van der Waals surface area contributed by atoms with Crippen molar-refractivity contribution in [3.63, 3.8) is 0 Å². The van der Waals surface area contributed by atoms with Crippen LogP contribution in [0.2, 0.25) is 0 Å². The van der Waals surface area contributed by atoms with E-state index in [0.717, 1.165) is 5.69 Å². The molecule has 17 heavy (non-hydrogen) atoms. The summed E-state index contributed by atoms with van der Waals surface area (Å²) in [6, 6.07) is 2.01. The summed E-state index contributed by atoms with van der Waals surface area (Å²) in [5, 5.41) is 7.90. The molecule has 0 radical (unpaired) electrons. The Balaban J connectivity index is 2.75. The first-order valence-corrected chi connectivity index (χ1v) is 5.35. The van der Waals surface area contributed by atoms with Gasteiger partial charge in [-0.25, -0.2) is 4.79 Å². The van der Waals surface area contributed by atoms with E-state index in [-0.39, 0.29) is 11.5 Å². The number of hydrogen-bond acceptors (Lipinski definition) is 4. The quantitative estimate of drug-likeness (QED) is 0.493. The van der Waals surface area contributed by atoms with Crippen LogP contribution in [0.5, 0.6) is 0 Å². The number of aromatic nitrogens is 2. The van der Waals surface area contributed by atoms with Gasteiger partial charge in [0.1, 0.15) is 0 Å². The molecule has 0 aliphatic rings. The van der Waals surface area contributed by atoms with Gasteiger partial charge in [-0.2, -0.15) is 5.10 Å². The summed E-state index contributed by atoms with van der Waals surface area (Å²) in [6.45, 7) is 7.90. The van der Waals surface area contributed by atoms with Crippen LogP contribution in [0.4, 0.5) is 4.79 Å². The number of amides is 1. The SMILES string of the molecule is Cc1ccn(C(C)C(C)(C)C=NOC(N)=O)n1. The predicted octanol–water partition coefficient (Wildman–Crippen LogP) is 1.86. The third-order valence-corrected chi connectivity index (χ3v) is 2.74. The summed E-state index contributed by atoms with van der Waals surface area (Å²) in [4.78, 5) is 14.7.